The first-order valence-electron chi connectivity index (χ1n) is 6.31. The van der Waals surface area contributed by atoms with Crippen molar-refractivity contribution < 1.29 is 9.66 Å². The van der Waals surface area contributed by atoms with Crippen LogP contribution in [0.2, 0.25) is 0 Å². The fourth-order valence-corrected chi connectivity index (χ4v) is 1.90. The molecule has 0 aliphatic carbocycles. The van der Waals surface area contributed by atoms with Gasteiger partial charge in [0, 0.05) is 17.7 Å². The lowest BCUT2D eigenvalue weighted by Gasteiger charge is -2.09. The molecular weight excluding hydrogens is 306 g/mol. The lowest BCUT2D eigenvalue weighted by atomic mass is 10.1. The van der Waals surface area contributed by atoms with E-state index in [2.05, 4.69) is 0 Å². The van der Waals surface area contributed by atoms with Gasteiger partial charge in [-0.05, 0) is 23.3 Å². The number of hydrogen-bond donors (Lipinski definition) is 2. The number of nitrogen functional groups attached to an aromatic ring is 1. The first-order chi connectivity index (χ1) is 10.1. The average Bonchev–Trinajstić information content (AvgIpc) is 2.48. The summed E-state index contributed by atoms with van der Waals surface area (Å²) in [5.74, 6) is 0.00420. The van der Waals surface area contributed by atoms with Gasteiger partial charge in [0.15, 0.2) is 0 Å². The fourth-order valence-electron chi connectivity index (χ4n) is 1.90. The summed E-state index contributed by atoms with van der Waals surface area (Å²) in [6, 6.07) is 13.5. The number of nitrogens with one attached hydrogen (secondary N) is 1. The number of nitrogens with zero attached hydrogens (tertiary/aromatic N) is 1. The van der Waals surface area contributed by atoms with Crippen molar-refractivity contribution in [2.75, 3.05) is 0 Å². The lowest BCUT2D eigenvalue weighted by Crippen LogP contribution is -2.14. The molecule has 3 N–H and O–H groups in total. The van der Waals surface area contributed by atoms with E-state index in [4.69, 9.17) is 15.9 Å². The first kappa shape index (κ1) is 17.6. The Morgan fingerprint density at radius 2 is 1.77 bits per heavy atom. The van der Waals surface area contributed by atoms with Crippen molar-refractivity contribution in [2.24, 2.45) is 5.73 Å². The number of amidine groups is 1. The Balaban J connectivity index is 0.00000242. The molecule has 0 aromatic heterocycles. The second-order valence-corrected chi connectivity index (χ2v) is 4.49. The molecule has 0 spiro atoms. The third-order valence-electron chi connectivity index (χ3n) is 2.98. The van der Waals surface area contributed by atoms with Crippen molar-refractivity contribution in [3.8, 4) is 0 Å². The van der Waals surface area contributed by atoms with Crippen molar-refractivity contribution in [2.45, 2.75) is 13.2 Å². The minimum atomic E-state index is -0.437. The second kappa shape index (κ2) is 8.11. The van der Waals surface area contributed by atoms with Gasteiger partial charge in [-0.3, -0.25) is 15.5 Å². The third-order valence-corrected chi connectivity index (χ3v) is 2.98. The van der Waals surface area contributed by atoms with Gasteiger partial charge < -0.3 is 10.5 Å². The molecule has 0 amide bonds. The Bertz CT molecular complexity index is 659. The molecule has 0 saturated carbocycles. The minimum Gasteiger partial charge on any atom is -0.384 e. The summed E-state index contributed by atoms with van der Waals surface area (Å²) in [5, 5.41) is 18.1. The van der Waals surface area contributed by atoms with Crippen LogP contribution in [0.1, 0.15) is 16.7 Å². The molecule has 0 radical (unpaired) electrons. The second-order valence-electron chi connectivity index (χ2n) is 4.49. The number of nitro groups is 1. The number of hydrogen-bond acceptors (Lipinski definition) is 4. The van der Waals surface area contributed by atoms with E-state index >= 15 is 0 Å². The Morgan fingerprint density at radius 3 is 2.36 bits per heavy atom. The Hall–Kier alpha value is -2.44. The molecule has 7 heteroatoms. The Labute approximate surface area is 134 Å². The smallest absolute Gasteiger partial charge is 0.269 e. The van der Waals surface area contributed by atoms with E-state index < -0.39 is 4.92 Å². The molecule has 2 aromatic carbocycles. The van der Waals surface area contributed by atoms with E-state index in [1.165, 1.54) is 12.1 Å². The standard InChI is InChI=1S/C15H15N3O3.ClH/c16-15(17)14-4-2-1-3-12(14)10-21-9-11-5-7-13(8-6-11)18(19)20;/h1-8H,9-10H2,(H3,16,17);1H. The highest BCUT2D eigenvalue weighted by Crippen LogP contribution is 2.14. The molecular formula is C15H16ClN3O3. The predicted octanol–water partition coefficient (Wildman–Crippen LogP) is 3.02. The SMILES string of the molecule is Cl.N=C(N)c1ccccc1COCc1ccc([N+](=O)[O-])cc1. The maximum atomic E-state index is 10.6. The Morgan fingerprint density at radius 1 is 1.14 bits per heavy atom. The molecule has 0 atom stereocenters. The number of nitrogens with two attached hydrogens (primary N) is 1. The molecule has 22 heavy (non-hydrogen) atoms. The highest BCUT2D eigenvalue weighted by atomic mass is 35.5. The zero-order valence-corrected chi connectivity index (χ0v) is 12.5. The van der Waals surface area contributed by atoms with Gasteiger partial charge in [-0.2, -0.15) is 0 Å². The Kier molecular flexibility index (Phi) is 6.49. The molecule has 2 aromatic rings. The number of nitro benzene ring substituents is 1. The van der Waals surface area contributed by atoms with Gasteiger partial charge in [-0.15, -0.1) is 12.4 Å². The third kappa shape index (κ3) is 4.54. The van der Waals surface area contributed by atoms with E-state index in [1.54, 1.807) is 18.2 Å². The maximum absolute atomic E-state index is 10.6. The van der Waals surface area contributed by atoms with Crippen LogP contribution < -0.4 is 5.73 Å². The molecule has 6 nitrogen and oxygen atoms in total. The number of benzene rings is 2. The molecule has 0 bridgehead atoms. The summed E-state index contributed by atoms with van der Waals surface area (Å²) in [5.41, 5.74) is 7.90. The van der Waals surface area contributed by atoms with Crippen LogP contribution >= 0.6 is 12.4 Å². The minimum absolute atomic E-state index is 0. The topological polar surface area (TPSA) is 102 Å². The maximum Gasteiger partial charge on any atom is 0.269 e. The van der Waals surface area contributed by atoms with Gasteiger partial charge in [-0.1, -0.05) is 24.3 Å². The van der Waals surface area contributed by atoms with Crippen LogP contribution in [0.5, 0.6) is 0 Å². The monoisotopic (exact) mass is 321 g/mol. The van der Waals surface area contributed by atoms with Crippen LogP contribution in [0.3, 0.4) is 0 Å². The van der Waals surface area contributed by atoms with E-state index in [9.17, 15) is 10.1 Å². The van der Waals surface area contributed by atoms with Gasteiger partial charge in [0.25, 0.3) is 5.69 Å². The van der Waals surface area contributed by atoms with E-state index in [-0.39, 0.29) is 23.9 Å². The van der Waals surface area contributed by atoms with Crippen LogP contribution in [0, 0.1) is 15.5 Å². The zero-order chi connectivity index (χ0) is 15.2. The first-order valence-corrected chi connectivity index (χ1v) is 6.31. The number of non-ortho nitro benzene ring substituents is 1. The number of rotatable bonds is 6. The average molecular weight is 322 g/mol. The summed E-state index contributed by atoms with van der Waals surface area (Å²) >= 11 is 0. The molecule has 0 fully saturated rings. The number of halogens is 1. The molecule has 116 valence electrons. The van der Waals surface area contributed by atoms with Crippen LogP contribution in [-0.4, -0.2) is 10.8 Å². The van der Waals surface area contributed by atoms with Crippen LogP contribution in [0.4, 0.5) is 5.69 Å². The van der Waals surface area contributed by atoms with Crippen molar-refractivity contribution in [3.63, 3.8) is 0 Å². The van der Waals surface area contributed by atoms with Crippen molar-refractivity contribution in [3.05, 3.63) is 75.3 Å². The van der Waals surface area contributed by atoms with Crippen molar-refractivity contribution in [1.29, 1.82) is 5.41 Å². The molecule has 2 rings (SSSR count). The summed E-state index contributed by atoms with van der Waals surface area (Å²) in [6.45, 7) is 0.664. The summed E-state index contributed by atoms with van der Waals surface area (Å²) < 4.78 is 5.57. The van der Waals surface area contributed by atoms with Gasteiger partial charge in [0.05, 0.1) is 18.1 Å². The van der Waals surface area contributed by atoms with Gasteiger partial charge in [0.2, 0.25) is 0 Å². The largest absolute Gasteiger partial charge is 0.384 e. The molecule has 0 aliphatic rings. The highest BCUT2D eigenvalue weighted by Gasteiger charge is 2.06. The van der Waals surface area contributed by atoms with Gasteiger partial charge in [-0.25, -0.2) is 0 Å². The van der Waals surface area contributed by atoms with Crippen LogP contribution in [0.15, 0.2) is 48.5 Å². The van der Waals surface area contributed by atoms with Crippen LogP contribution in [-0.2, 0) is 18.0 Å². The number of ether oxygens (including phenoxy) is 1. The molecule has 0 aliphatic heterocycles. The highest BCUT2D eigenvalue weighted by molar-refractivity contribution is 5.96. The van der Waals surface area contributed by atoms with Crippen molar-refractivity contribution >= 4 is 23.9 Å². The molecule has 0 heterocycles. The van der Waals surface area contributed by atoms with E-state index in [1.807, 2.05) is 18.2 Å². The van der Waals surface area contributed by atoms with Crippen molar-refractivity contribution in [1.82, 2.24) is 0 Å². The quantitative estimate of drug-likeness (QED) is 0.369. The fraction of sp³-hybridized carbons (Fsp3) is 0.133. The molecule has 0 unspecified atom stereocenters. The summed E-state index contributed by atoms with van der Waals surface area (Å²) in [4.78, 5) is 10.1. The lowest BCUT2D eigenvalue weighted by molar-refractivity contribution is -0.384. The summed E-state index contributed by atoms with van der Waals surface area (Å²) in [6.07, 6.45) is 0. The zero-order valence-electron chi connectivity index (χ0n) is 11.7. The van der Waals surface area contributed by atoms with E-state index in [0.29, 0.717) is 18.8 Å². The normalized spacial score (nSPS) is 9.82. The van der Waals surface area contributed by atoms with Gasteiger partial charge in [0.1, 0.15) is 5.84 Å². The predicted molar refractivity (Wildman–Crippen MR) is 86.3 cm³/mol. The van der Waals surface area contributed by atoms with Gasteiger partial charge >= 0.3 is 0 Å². The summed E-state index contributed by atoms with van der Waals surface area (Å²) in [7, 11) is 0. The van der Waals surface area contributed by atoms with E-state index in [0.717, 1.165) is 11.1 Å². The van der Waals surface area contributed by atoms with Crippen LogP contribution in [0.25, 0.3) is 0 Å². The molecule has 0 saturated heterocycles.